The van der Waals surface area contributed by atoms with E-state index in [-0.39, 0.29) is 5.69 Å². The Morgan fingerprint density at radius 2 is 2.12 bits per heavy atom. The van der Waals surface area contributed by atoms with Crippen LogP contribution in [0.3, 0.4) is 0 Å². The number of aromatic hydroxyl groups is 1. The molecule has 0 saturated heterocycles. The van der Waals surface area contributed by atoms with Gasteiger partial charge in [-0.3, -0.25) is 14.2 Å². The molecule has 0 unspecified atom stereocenters. The van der Waals surface area contributed by atoms with E-state index in [0.29, 0.717) is 25.1 Å². The highest BCUT2D eigenvalue weighted by Crippen LogP contribution is 2.10. The number of rotatable bonds is 1. The SMILES string of the molecule is CN1CCc2nc(C=O)c(O)c(=O)n2CC1. The summed E-state index contributed by atoms with van der Waals surface area (Å²) in [5.74, 6) is 0.0116. The number of fused-ring (bicyclic) bond motifs is 1. The number of carbonyl (C=O) groups excluding carboxylic acids is 1. The highest BCUT2D eigenvalue weighted by molar-refractivity contribution is 5.75. The van der Waals surface area contributed by atoms with E-state index < -0.39 is 11.3 Å². The van der Waals surface area contributed by atoms with Crippen molar-refractivity contribution in [3.8, 4) is 5.75 Å². The van der Waals surface area contributed by atoms with E-state index in [9.17, 15) is 14.7 Å². The predicted octanol–water partition coefficient (Wildman–Crippen LogP) is -0.751. The third-order valence-electron chi connectivity index (χ3n) is 2.79. The second kappa shape index (κ2) is 4.05. The zero-order valence-electron chi connectivity index (χ0n) is 9.01. The third kappa shape index (κ3) is 1.71. The summed E-state index contributed by atoms with van der Waals surface area (Å²) >= 11 is 0. The molecule has 1 N–H and O–H groups in total. The minimum Gasteiger partial charge on any atom is -0.501 e. The lowest BCUT2D eigenvalue weighted by atomic mass is 10.3. The van der Waals surface area contributed by atoms with E-state index in [4.69, 9.17) is 0 Å². The Morgan fingerprint density at radius 3 is 2.81 bits per heavy atom. The molecule has 0 spiro atoms. The topological polar surface area (TPSA) is 75.4 Å². The van der Waals surface area contributed by atoms with Gasteiger partial charge in [0, 0.05) is 26.1 Å². The minimum absolute atomic E-state index is 0.166. The molecule has 0 amide bonds. The van der Waals surface area contributed by atoms with Gasteiger partial charge in [-0.05, 0) is 7.05 Å². The molecule has 1 aliphatic rings. The second-order valence-electron chi connectivity index (χ2n) is 3.89. The predicted molar refractivity (Wildman–Crippen MR) is 56.8 cm³/mol. The number of nitrogens with zero attached hydrogens (tertiary/aromatic N) is 3. The van der Waals surface area contributed by atoms with Crippen LogP contribution in [-0.4, -0.2) is 46.0 Å². The first-order chi connectivity index (χ1) is 7.63. The van der Waals surface area contributed by atoms with Gasteiger partial charge in [-0.25, -0.2) is 4.98 Å². The summed E-state index contributed by atoms with van der Waals surface area (Å²) in [5.41, 5.74) is -0.691. The Bertz CT molecular complexity index is 481. The monoisotopic (exact) mass is 223 g/mol. The molecule has 6 nitrogen and oxygen atoms in total. The molecule has 1 aliphatic heterocycles. The lowest BCUT2D eigenvalue weighted by Gasteiger charge is -2.10. The molecular weight excluding hydrogens is 210 g/mol. The van der Waals surface area contributed by atoms with Crippen LogP contribution in [0.25, 0.3) is 0 Å². The zero-order valence-corrected chi connectivity index (χ0v) is 9.01. The van der Waals surface area contributed by atoms with Crippen LogP contribution in [0, 0.1) is 0 Å². The number of aromatic nitrogens is 2. The highest BCUT2D eigenvalue weighted by atomic mass is 16.3. The van der Waals surface area contributed by atoms with Crippen molar-refractivity contribution in [3.05, 3.63) is 21.9 Å². The van der Waals surface area contributed by atoms with Crippen LogP contribution in [0.15, 0.2) is 4.79 Å². The molecule has 86 valence electrons. The van der Waals surface area contributed by atoms with Crippen LogP contribution in [0.1, 0.15) is 16.3 Å². The first-order valence-electron chi connectivity index (χ1n) is 5.10. The number of hydrogen-bond acceptors (Lipinski definition) is 5. The van der Waals surface area contributed by atoms with E-state index in [2.05, 4.69) is 9.88 Å². The van der Waals surface area contributed by atoms with Gasteiger partial charge < -0.3 is 10.0 Å². The summed E-state index contributed by atoms with van der Waals surface area (Å²) in [6.45, 7) is 2.01. The molecule has 16 heavy (non-hydrogen) atoms. The number of carbonyl (C=O) groups is 1. The van der Waals surface area contributed by atoms with Gasteiger partial charge >= 0.3 is 0 Å². The highest BCUT2D eigenvalue weighted by Gasteiger charge is 2.18. The van der Waals surface area contributed by atoms with Gasteiger partial charge in [0.05, 0.1) is 0 Å². The summed E-state index contributed by atoms with van der Waals surface area (Å²) in [4.78, 5) is 28.5. The molecule has 2 rings (SSSR count). The van der Waals surface area contributed by atoms with Crippen molar-refractivity contribution >= 4 is 6.29 Å². The van der Waals surface area contributed by atoms with Crippen LogP contribution in [0.4, 0.5) is 0 Å². The van der Waals surface area contributed by atoms with Gasteiger partial charge in [0.2, 0.25) is 5.75 Å². The Kier molecular flexibility index (Phi) is 2.74. The Labute approximate surface area is 92.1 Å². The van der Waals surface area contributed by atoms with Crippen LogP contribution in [0.5, 0.6) is 5.75 Å². The first-order valence-corrected chi connectivity index (χ1v) is 5.10. The summed E-state index contributed by atoms with van der Waals surface area (Å²) in [6.07, 6.45) is 1.01. The zero-order chi connectivity index (χ0) is 11.7. The number of aldehydes is 1. The molecule has 0 atom stereocenters. The lowest BCUT2D eigenvalue weighted by Crippen LogP contribution is -2.27. The average Bonchev–Trinajstić information content (AvgIpc) is 2.46. The quantitative estimate of drug-likeness (QED) is 0.634. The van der Waals surface area contributed by atoms with Crippen LogP contribution in [-0.2, 0) is 13.0 Å². The van der Waals surface area contributed by atoms with Gasteiger partial charge in [-0.15, -0.1) is 0 Å². The van der Waals surface area contributed by atoms with E-state index in [1.807, 2.05) is 7.05 Å². The molecule has 0 aromatic carbocycles. The second-order valence-corrected chi connectivity index (χ2v) is 3.89. The third-order valence-corrected chi connectivity index (χ3v) is 2.79. The van der Waals surface area contributed by atoms with Crippen molar-refractivity contribution in [3.63, 3.8) is 0 Å². The van der Waals surface area contributed by atoms with Crippen LogP contribution >= 0.6 is 0 Å². The van der Waals surface area contributed by atoms with Crippen molar-refractivity contribution in [2.75, 3.05) is 20.1 Å². The maximum atomic E-state index is 11.7. The molecule has 0 saturated carbocycles. The summed E-state index contributed by atoms with van der Waals surface area (Å²) in [7, 11) is 1.96. The normalized spacial score (nSPS) is 16.6. The summed E-state index contributed by atoms with van der Waals surface area (Å²) in [6, 6.07) is 0. The molecule has 0 bridgehead atoms. The first kappa shape index (κ1) is 10.8. The van der Waals surface area contributed by atoms with Crippen molar-refractivity contribution in [2.24, 2.45) is 0 Å². The summed E-state index contributed by atoms with van der Waals surface area (Å²) < 4.78 is 1.44. The van der Waals surface area contributed by atoms with E-state index >= 15 is 0 Å². The smallest absolute Gasteiger partial charge is 0.296 e. The number of hydrogen-bond donors (Lipinski definition) is 1. The Hall–Kier alpha value is -1.69. The minimum atomic E-state index is -0.552. The van der Waals surface area contributed by atoms with Gasteiger partial charge in [-0.1, -0.05) is 0 Å². The Balaban J connectivity index is 2.56. The maximum Gasteiger partial charge on any atom is 0.296 e. The molecule has 1 aromatic rings. The lowest BCUT2D eigenvalue weighted by molar-refractivity contribution is 0.111. The van der Waals surface area contributed by atoms with Crippen LogP contribution < -0.4 is 5.56 Å². The van der Waals surface area contributed by atoms with E-state index in [1.54, 1.807) is 0 Å². The van der Waals surface area contributed by atoms with Crippen molar-refractivity contribution in [1.82, 2.24) is 14.5 Å². The largest absolute Gasteiger partial charge is 0.501 e. The van der Waals surface area contributed by atoms with Crippen LogP contribution in [0.2, 0.25) is 0 Å². The fourth-order valence-corrected chi connectivity index (χ4v) is 1.78. The molecule has 1 aromatic heterocycles. The molecule has 0 radical (unpaired) electrons. The molecule has 0 fully saturated rings. The fraction of sp³-hybridized carbons (Fsp3) is 0.500. The standard InChI is InChI=1S/C10H13N3O3/c1-12-3-2-8-11-7(6-14)9(15)10(16)13(8)5-4-12/h6,15H,2-5H2,1H3. The molecular formula is C10H13N3O3. The average molecular weight is 223 g/mol. The maximum absolute atomic E-state index is 11.7. The van der Waals surface area contributed by atoms with E-state index in [0.717, 1.165) is 13.1 Å². The Morgan fingerprint density at radius 1 is 1.38 bits per heavy atom. The molecule has 0 aliphatic carbocycles. The van der Waals surface area contributed by atoms with Crippen molar-refractivity contribution < 1.29 is 9.90 Å². The van der Waals surface area contributed by atoms with Gasteiger partial charge in [0.1, 0.15) is 5.82 Å². The summed E-state index contributed by atoms with van der Waals surface area (Å²) in [5, 5.41) is 9.47. The van der Waals surface area contributed by atoms with E-state index in [1.165, 1.54) is 4.57 Å². The fourth-order valence-electron chi connectivity index (χ4n) is 1.78. The molecule has 6 heteroatoms. The van der Waals surface area contributed by atoms with Crippen molar-refractivity contribution in [1.29, 1.82) is 0 Å². The molecule has 2 heterocycles. The number of likely N-dealkylation sites (N-methyl/N-ethyl adjacent to an activating group) is 1. The van der Waals surface area contributed by atoms with Gasteiger partial charge in [-0.2, -0.15) is 0 Å². The van der Waals surface area contributed by atoms with Crippen molar-refractivity contribution in [2.45, 2.75) is 13.0 Å². The van der Waals surface area contributed by atoms with Gasteiger partial charge in [0.15, 0.2) is 12.0 Å². The van der Waals surface area contributed by atoms with Gasteiger partial charge in [0.25, 0.3) is 5.56 Å².